The van der Waals surface area contributed by atoms with Crippen molar-refractivity contribution in [1.29, 1.82) is 0 Å². The Kier molecular flexibility index (Phi) is 7.36. The summed E-state index contributed by atoms with van der Waals surface area (Å²) < 4.78 is 24.2. The number of ether oxygens (including phenoxy) is 2. The lowest BCUT2D eigenvalue weighted by Gasteiger charge is -2.17. The summed E-state index contributed by atoms with van der Waals surface area (Å²) in [5.74, 6) is 1.23. The molecule has 6 heteroatoms. The molecule has 29 heavy (non-hydrogen) atoms. The van der Waals surface area contributed by atoms with Gasteiger partial charge in [0.25, 0.3) is 0 Å². The van der Waals surface area contributed by atoms with Gasteiger partial charge in [0.05, 0.1) is 16.4 Å². The summed E-state index contributed by atoms with van der Waals surface area (Å²) in [4.78, 5) is 8.88. The molecule has 0 radical (unpaired) electrons. The molecule has 0 aliphatic carbocycles. The minimum absolute atomic E-state index is 0.212. The molecular formula is C23H26N2O3S. The van der Waals surface area contributed by atoms with Gasteiger partial charge in [-0.05, 0) is 23.5 Å². The molecule has 1 atom stereocenters. The highest BCUT2D eigenvalue weighted by molar-refractivity contribution is 7.84. The van der Waals surface area contributed by atoms with E-state index in [0.29, 0.717) is 37.3 Å². The molecule has 0 bridgehead atoms. The van der Waals surface area contributed by atoms with Crippen molar-refractivity contribution in [3.05, 3.63) is 77.4 Å². The molecule has 152 valence electrons. The first-order valence-corrected chi connectivity index (χ1v) is 11.2. The summed E-state index contributed by atoms with van der Waals surface area (Å²) in [5, 5.41) is 0.212. The second kappa shape index (κ2) is 10.2. The molecule has 0 spiro atoms. The fourth-order valence-electron chi connectivity index (χ4n) is 2.83. The number of aromatic nitrogens is 2. The van der Waals surface area contributed by atoms with Crippen LogP contribution in [-0.4, -0.2) is 20.4 Å². The number of nitrogens with zero attached hydrogens (tertiary/aromatic N) is 2. The molecule has 0 fully saturated rings. The van der Waals surface area contributed by atoms with E-state index in [9.17, 15) is 4.21 Å². The predicted octanol–water partition coefficient (Wildman–Crippen LogP) is 4.57. The van der Waals surface area contributed by atoms with Crippen LogP contribution in [-0.2, 0) is 30.4 Å². The van der Waals surface area contributed by atoms with Crippen LogP contribution < -0.4 is 9.47 Å². The number of hydrogen-bond donors (Lipinski definition) is 0. The van der Waals surface area contributed by atoms with Gasteiger partial charge in [-0.3, -0.25) is 4.21 Å². The van der Waals surface area contributed by atoms with Crippen molar-refractivity contribution < 1.29 is 13.7 Å². The highest BCUT2D eigenvalue weighted by atomic mass is 32.2. The van der Waals surface area contributed by atoms with E-state index in [1.165, 1.54) is 0 Å². The van der Waals surface area contributed by atoms with Gasteiger partial charge in [0, 0.05) is 6.26 Å². The summed E-state index contributed by atoms with van der Waals surface area (Å²) in [6.45, 7) is 4.98. The Morgan fingerprint density at radius 2 is 1.28 bits per heavy atom. The van der Waals surface area contributed by atoms with Crippen LogP contribution in [0.3, 0.4) is 0 Å². The first kappa shape index (κ1) is 21.0. The first-order valence-electron chi connectivity index (χ1n) is 9.60. The maximum atomic E-state index is 12.1. The van der Waals surface area contributed by atoms with E-state index in [1.807, 2.05) is 60.7 Å². The lowest BCUT2D eigenvalue weighted by molar-refractivity contribution is 0.260. The number of hydrogen-bond acceptors (Lipinski definition) is 5. The van der Waals surface area contributed by atoms with E-state index >= 15 is 0 Å². The van der Waals surface area contributed by atoms with Crippen molar-refractivity contribution in [2.24, 2.45) is 5.92 Å². The minimum Gasteiger partial charge on any atom is -0.472 e. The zero-order valence-corrected chi connectivity index (χ0v) is 17.8. The van der Waals surface area contributed by atoms with Crippen LogP contribution in [0, 0.1) is 5.92 Å². The zero-order chi connectivity index (χ0) is 20.6. The minimum atomic E-state index is -1.35. The van der Waals surface area contributed by atoms with Crippen molar-refractivity contribution in [3.8, 4) is 11.8 Å². The van der Waals surface area contributed by atoms with Gasteiger partial charge in [-0.25, -0.2) is 0 Å². The molecule has 0 amide bonds. The molecular weight excluding hydrogens is 384 g/mol. The molecule has 0 N–H and O–H groups in total. The van der Waals surface area contributed by atoms with Crippen LogP contribution in [0.5, 0.6) is 11.8 Å². The van der Waals surface area contributed by atoms with Crippen molar-refractivity contribution in [2.75, 3.05) is 6.26 Å². The smallest absolute Gasteiger partial charge is 0.224 e. The summed E-state index contributed by atoms with van der Waals surface area (Å²) in [7, 11) is -1.35. The lowest BCUT2D eigenvalue weighted by atomic mass is 10.0. The fraction of sp³-hybridized carbons (Fsp3) is 0.304. The summed E-state index contributed by atoms with van der Waals surface area (Å²) in [6.07, 6.45) is 2.25. The third-order valence-electron chi connectivity index (χ3n) is 4.22. The molecule has 3 rings (SSSR count). The predicted molar refractivity (Wildman–Crippen MR) is 114 cm³/mol. The largest absolute Gasteiger partial charge is 0.472 e. The second-order valence-corrected chi connectivity index (χ2v) is 8.47. The molecule has 5 nitrogen and oxygen atoms in total. The highest BCUT2D eigenvalue weighted by Gasteiger charge is 2.20. The second-order valence-electron chi connectivity index (χ2n) is 7.20. The summed E-state index contributed by atoms with van der Waals surface area (Å²) in [6, 6.07) is 19.8. The van der Waals surface area contributed by atoms with Crippen LogP contribution in [0.15, 0.2) is 65.8 Å². The molecule has 0 aliphatic heterocycles. The van der Waals surface area contributed by atoms with Crippen LogP contribution in [0.25, 0.3) is 0 Å². The Hall–Kier alpha value is -2.73. The third-order valence-corrected chi connectivity index (χ3v) is 4.91. The van der Waals surface area contributed by atoms with Gasteiger partial charge in [0.2, 0.25) is 16.9 Å². The molecule has 0 saturated carbocycles. The Morgan fingerprint density at radius 1 is 0.828 bits per heavy atom. The molecule has 0 aliphatic rings. The molecule has 0 saturated heterocycles. The molecule has 1 aromatic heterocycles. The Labute approximate surface area is 174 Å². The Balaban J connectivity index is 1.92. The third kappa shape index (κ3) is 6.12. The summed E-state index contributed by atoms with van der Waals surface area (Å²) in [5.41, 5.74) is 2.88. The van der Waals surface area contributed by atoms with Crippen molar-refractivity contribution in [2.45, 2.75) is 38.6 Å². The van der Waals surface area contributed by atoms with Crippen LogP contribution in [0.1, 0.15) is 30.5 Å². The monoisotopic (exact) mass is 410 g/mol. The van der Waals surface area contributed by atoms with Gasteiger partial charge in [-0.2, -0.15) is 9.97 Å². The van der Waals surface area contributed by atoms with E-state index in [4.69, 9.17) is 9.47 Å². The summed E-state index contributed by atoms with van der Waals surface area (Å²) >= 11 is 0. The maximum absolute atomic E-state index is 12.1. The van der Waals surface area contributed by atoms with Crippen molar-refractivity contribution >= 4 is 10.8 Å². The van der Waals surface area contributed by atoms with Gasteiger partial charge < -0.3 is 9.47 Å². The highest BCUT2D eigenvalue weighted by Crippen LogP contribution is 2.30. The molecule has 1 unspecified atom stereocenters. The van der Waals surface area contributed by atoms with Gasteiger partial charge >= 0.3 is 0 Å². The van der Waals surface area contributed by atoms with E-state index in [2.05, 4.69) is 23.8 Å². The standard InChI is InChI=1S/C23H26N2O3S/c1-17(2)14-20-21(27-15-18-10-6-4-7-11-18)24-23(29(3)26)25-22(20)28-16-19-12-8-5-9-13-19/h4-13,17H,14-16H2,1-3H3. The Morgan fingerprint density at radius 3 is 1.66 bits per heavy atom. The van der Waals surface area contributed by atoms with Crippen LogP contribution >= 0.6 is 0 Å². The average Bonchev–Trinajstić information content (AvgIpc) is 2.72. The van der Waals surface area contributed by atoms with Gasteiger partial charge in [-0.15, -0.1) is 0 Å². The van der Waals surface area contributed by atoms with Crippen molar-refractivity contribution in [3.63, 3.8) is 0 Å². The van der Waals surface area contributed by atoms with Gasteiger partial charge in [0.15, 0.2) is 0 Å². The van der Waals surface area contributed by atoms with E-state index in [0.717, 1.165) is 16.7 Å². The lowest BCUT2D eigenvalue weighted by Crippen LogP contribution is -2.11. The van der Waals surface area contributed by atoms with Crippen molar-refractivity contribution in [1.82, 2.24) is 9.97 Å². The van der Waals surface area contributed by atoms with Gasteiger partial charge in [-0.1, -0.05) is 74.5 Å². The fourth-order valence-corrected chi connectivity index (χ4v) is 3.25. The molecule has 1 heterocycles. The average molecular weight is 411 g/mol. The van der Waals surface area contributed by atoms with Crippen LogP contribution in [0.2, 0.25) is 0 Å². The van der Waals surface area contributed by atoms with E-state index in [-0.39, 0.29) is 5.16 Å². The van der Waals surface area contributed by atoms with E-state index in [1.54, 1.807) is 6.26 Å². The SMILES string of the molecule is CC(C)Cc1c(OCc2ccccc2)nc(S(C)=O)nc1OCc1ccccc1. The number of rotatable bonds is 9. The first-order chi connectivity index (χ1) is 14.0. The molecule has 3 aromatic rings. The Bertz CT molecular complexity index is 882. The van der Waals surface area contributed by atoms with Crippen LogP contribution in [0.4, 0.5) is 0 Å². The van der Waals surface area contributed by atoms with Gasteiger partial charge in [0.1, 0.15) is 13.2 Å². The van der Waals surface area contributed by atoms with E-state index < -0.39 is 10.8 Å². The quantitative estimate of drug-likeness (QED) is 0.484. The molecule has 2 aromatic carbocycles. The topological polar surface area (TPSA) is 61.3 Å². The normalized spacial score (nSPS) is 12.0. The number of benzene rings is 2. The maximum Gasteiger partial charge on any atom is 0.224 e. The zero-order valence-electron chi connectivity index (χ0n) is 17.0.